The molecule has 2 heterocycles. The molecule has 8 heteroatoms. The molecule has 2 aliphatic rings. The van der Waals surface area contributed by atoms with Crippen molar-refractivity contribution in [3.05, 3.63) is 95.1 Å². The van der Waals surface area contributed by atoms with Gasteiger partial charge in [-0.3, -0.25) is 14.5 Å². The third kappa shape index (κ3) is 7.12. The molecule has 5 rings (SSSR count). The molecule has 3 aromatic rings. The van der Waals surface area contributed by atoms with Crippen molar-refractivity contribution in [3.8, 4) is 11.5 Å². The van der Waals surface area contributed by atoms with Crippen LogP contribution in [0.25, 0.3) is 0 Å². The van der Waals surface area contributed by atoms with Crippen molar-refractivity contribution in [1.29, 1.82) is 0 Å². The fourth-order valence-corrected chi connectivity index (χ4v) is 5.98. The quantitative estimate of drug-likeness (QED) is 0.417. The van der Waals surface area contributed by atoms with Crippen LogP contribution in [-0.4, -0.2) is 85.5 Å². The highest BCUT2D eigenvalue weighted by Gasteiger charge is 2.43. The van der Waals surface area contributed by atoms with E-state index in [4.69, 9.17) is 9.47 Å². The topological polar surface area (TPSA) is 74.4 Å². The zero-order chi connectivity index (χ0) is 29.5. The Morgan fingerprint density at radius 3 is 2.36 bits per heavy atom. The predicted molar refractivity (Wildman–Crippen MR) is 164 cm³/mol. The minimum absolute atomic E-state index is 0.00823. The Labute approximate surface area is 249 Å². The van der Waals surface area contributed by atoms with Gasteiger partial charge in [0.15, 0.2) is 0 Å². The number of benzene rings is 3. The summed E-state index contributed by atoms with van der Waals surface area (Å²) in [6, 6.07) is 23.4. The number of carbonyl (C=O) groups is 2. The van der Waals surface area contributed by atoms with Gasteiger partial charge in [-0.2, -0.15) is 0 Å². The number of amides is 2. The standard InChI is InChI=1S/C34H42N4O4/c1-25-11-13-26(14-12-25)22-37(23-27-7-4-9-30(19-27)41-2)29-21-32(34(40)36-17-6-15-35-16-18-36)38(24-29)33(39)28-8-5-10-31(20-28)42-3/h4-5,7-14,19-20,29,32,35H,6,15-18,21-24H2,1-3H3. The van der Waals surface area contributed by atoms with Crippen LogP contribution in [0.15, 0.2) is 72.8 Å². The summed E-state index contributed by atoms with van der Waals surface area (Å²) >= 11 is 0. The highest BCUT2D eigenvalue weighted by molar-refractivity contribution is 5.98. The summed E-state index contributed by atoms with van der Waals surface area (Å²) in [5, 5.41) is 3.38. The van der Waals surface area contributed by atoms with Gasteiger partial charge in [0.05, 0.1) is 14.2 Å². The Hall–Kier alpha value is -3.88. The lowest BCUT2D eigenvalue weighted by Gasteiger charge is -2.29. The van der Waals surface area contributed by atoms with E-state index in [2.05, 4.69) is 53.5 Å². The molecule has 1 N–H and O–H groups in total. The van der Waals surface area contributed by atoms with Gasteiger partial charge in [-0.15, -0.1) is 0 Å². The Morgan fingerprint density at radius 2 is 1.60 bits per heavy atom. The number of nitrogens with zero attached hydrogens (tertiary/aromatic N) is 3. The summed E-state index contributed by atoms with van der Waals surface area (Å²) in [5.74, 6) is 1.33. The van der Waals surface area contributed by atoms with Gasteiger partial charge in [0.25, 0.3) is 5.91 Å². The zero-order valence-electron chi connectivity index (χ0n) is 24.9. The summed E-state index contributed by atoms with van der Waals surface area (Å²) in [5.41, 5.74) is 4.07. The lowest BCUT2D eigenvalue weighted by Crippen LogP contribution is -2.48. The molecule has 0 bridgehead atoms. The molecule has 2 aliphatic heterocycles. The molecule has 0 aromatic heterocycles. The van der Waals surface area contributed by atoms with Crippen LogP contribution in [0.1, 0.15) is 39.9 Å². The Balaban J connectivity index is 1.46. The maximum atomic E-state index is 14.1. The number of carbonyl (C=O) groups excluding carboxylic acids is 2. The van der Waals surface area contributed by atoms with Crippen LogP contribution in [0.4, 0.5) is 0 Å². The SMILES string of the molecule is COc1cccc(CN(Cc2ccc(C)cc2)C2CC(C(=O)N3CCCNCC3)N(C(=O)c3cccc(OC)c3)C2)c1. The molecule has 0 saturated carbocycles. The molecule has 42 heavy (non-hydrogen) atoms. The maximum absolute atomic E-state index is 14.1. The zero-order valence-corrected chi connectivity index (χ0v) is 24.9. The van der Waals surface area contributed by atoms with Gasteiger partial charge in [-0.05, 0) is 67.8 Å². The minimum Gasteiger partial charge on any atom is -0.497 e. The molecule has 0 aliphatic carbocycles. The molecule has 3 aromatic carbocycles. The van der Waals surface area contributed by atoms with E-state index in [0.29, 0.717) is 50.5 Å². The van der Waals surface area contributed by atoms with E-state index in [9.17, 15) is 9.59 Å². The number of aryl methyl sites for hydroxylation is 1. The molecular weight excluding hydrogens is 528 g/mol. The van der Waals surface area contributed by atoms with Crippen molar-refractivity contribution in [2.24, 2.45) is 0 Å². The summed E-state index contributed by atoms with van der Waals surface area (Å²) < 4.78 is 10.9. The van der Waals surface area contributed by atoms with Crippen molar-refractivity contribution in [3.63, 3.8) is 0 Å². The first-order chi connectivity index (χ1) is 20.4. The Bertz CT molecular complexity index is 1350. The van der Waals surface area contributed by atoms with Crippen molar-refractivity contribution in [2.75, 3.05) is 46.9 Å². The van der Waals surface area contributed by atoms with Gasteiger partial charge in [0, 0.05) is 50.9 Å². The minimum atomic E-state index is -0.530. The molecule has 0 spiro atoms. The summed E-state index contributed by atoms with van der Waals surface area (Å²) in [7, 11) is 3.27. The van der Waals surface area contributed by atoms with Gasteiger partial charge in [-0.25, -0.2) is 0 Å². The van der Waals surface area contributed by atoms with Crippen LogP contribution >= 0.6 is 0 Å². The molecular formula is C34H42N4O4. The van der Waals surface area contributed by atoms with Crippen molar-refractivity contribution >= 4 is 11.8 Å². The smallest absolute Gasteiger partial charge is 0.254 e. The maximum Gasteiger partial charge on any atom is 0.254 e. The number of hydrogen-bond donors (Lipinski definition) is 1. The number of likely N-dealkylation sites (tertiary alicyclic amines) is 1. The first-order valence-electron chi connectivity index (χ1n) is 14.8. The third-order valence-electron chi connectivity index (χ3n) is 8.34. The Kier molecular flexibility index (Phi) is 9.77. The van der Waals surface area contributed by atoms with E-state index in [1.54, 1.807) is 31.3 Å². The average molecular weight is 571 g/mol. The lowest BCUT2D eigenvalue weighted by atomic mass is 10.1. The van der Waals surface area contributed by atoms with Gasteiger partial charge < -0.3 is 24.6 Å². The fraction of sp³-hybridized carbons (Fsp3) is 0.412. The number of methoxy groups -OCH3 is 2. The lowest BCUT2D eigenvalue weighted by molar-refractivity contribution is -0.135. The largest absolute Gasteiger partial charge is 0.497 e. The van der Waals surface area contributed by atoms with Gasteiger partial charge >= 0.3 is 0 Å². The summed E-state index contributed by atoms with van der Waals surface area (Å²) in [4.78, 5) is 34.3. The second-order valence-electron chi connectivity index (χ2n) is 11.3. The number of nitrogens with one attached hydrogen (secondary N) is 1. The van der Waals surface area contributed by atoms with Crippen LogP contribution in [0, 0.1) is 6.92 Å². The molecule has 0 radical (unpaired) electrons. The van der Waals surface area contributed by atoms with E-state index in [1.807, 2.05) is 29.2 Å². The normalized spacial score (nSPS) is 19.0. The summed E-state index contributed by atoms with van der Waals surface area (Å²) in [6.07, 6.45) is 1.48. The molecule has 222 valence electrons. The fourth-order valence-electron chi connectivity index (χ4n) is 5.98. The highest BCUT2D eigenvalue weighted by Crippen LogP contribution is 2.30. The first kappa shape index (κ1) is 29.6. The monoisotopic (exact) mass is 570 g/mol. The second-order valence-corrected chi connectivity index (χ2v) is 11.3. The molecule has 2 amide bonds. The molecule has 2 saturated heterocycles. The highest BCUT2D eigenvalue weighted by atomic mass is 16.5. The van der Waals surface area contributed by atoms with Crippen LogP contribution in [0.3, 0.4) is 0 Å². The Morgan fingerprint density at radius 1 is 0.881 bits per heavy atom. The molecule has 8 nitrogen and oxygen atoms in total. The van der Waals surface area contributed by atoms with Gasteiger partial charge in [0.1, 0.15) is 17.5 Å². The van der Waals surface area contributed by atoms with Crippen LogP contribution < -0.4 is 14.8 Å². The van der Waals surface area contributed by atoms with E-state index in [-0.39, 0.29) is 17.9 Å². The number of rotatable bonds is 9. The van der Waals surface area contributed by atoms with Crippen molar-refractivity contribution in [1.82, 2.24) is 20.0 Å². The molecule has 2 fully saturated rings. The third-order valence-corrected chi connectivity index (χ3v) is 8.34. The summed E-state index contributed by atoms with van der Waals surface area (Å²) in [6.45, 7) is 6.95. The van der Waals surface area contributed by atoms with Crippen LogP contribution in [0.2, 0.25) is 0 Å². The van der Waals surface area contributed by atoms with Crippen molar-refractivity contribution < 1.29 is 19.1 Å². The van der Waals surface area contributed by atoms with E-state index in [0.717, 1.165) is 30.8 Å². The van der Waals surface area contributed by atoms with Gasteiger partial charge in [-0.1, -0.05) is 48.0 Å². The number of ether oxygens (including phenoxy) is 2. The van der Waals surface area contributed by atoms with E-state index >= 15 is 0 Å². The number of hydrogen-bond acceptors (Lipinski definition) is 6. The molecule has 2 atom stereocenters. The van der Waals surface area contributed by atoms with Crippen molar-refractivity contribution in [2.45, 2.75) is 44.9 Å². The van der Waals surface area contributed by atoms with Crippen LogP contribution in [0.5, 0.6) is 11.5 Å². The van der Waals surface area contributed by atoms with Crippen LogP contribution in [-0.2, 0) is 17.9 Å². The van der Waals surface area contributed by atoms with E-state index in [1.165, 1.54) is 11.1 Å². The first-order valence-corrected chi connectivity index (χ1v) is 14.8. The average Bonchev–Trinajstić information content (AvgIpc) is 3.28. The molecule has 2 unspecified atom stereocenters. The van der Waals surface area contributed by atoms with E-state index < -0.39 is 6.04 Å². The second kappa shape index (κ2) is 13.9. The van der Waals surface area contributed by atoms with Gasteiger partial charge in [0.2, 0.25) is 5.91 Å². The predicted octanol–water partition coefficient (Wildman–Crippen LogP) is 4.12.